The Morgan fingerprint density at radius 2 is 1.77 bits per heavy atom. The standard InChI is InChI=1S/C21H27N3O6S/c1-28-18-11-16(12-19(29-2)20(18)30-3)21(25)23-13-15-6-9-24(10-7-15)31(26,27)17-5-4-8-22-14-17/h4-5,8,11-12,14-15H,6-7,9-10,13H2,1-3H3,(H,23,25). The zero-order chi connectivity index (χ0) is 22.4. The van der Waals surface area contributed by atoms with Crippen LogP contribution in [0.25, 0.3) is 0 Å². The van der Waals surface area contributed by atoms with Crippen LogP contribution in [0.15, 0.2) is 41.6 Å². The molecule has 9 nitrogen and oxygen atoms in total. The van der Waals surface area contributed by atoms with Crippen LogP contribution in [0.4, 0.5) is 0 Å². The average Bonchev–Trinajstić information content (AvgIpc) is 2.82. The zero-order valence-electron chi connectivity index (χ0n) is 17.8. The van der Waals surface area contributed by atoms with Crippen LogP contribution in [0.5, 0.6) is 17.2 Å². The summed E-state index contributed by atoms with van der Waals surface area (Å²) >= 11 is 0. The van der Waals surface area contributed by atoms with Crippen LogP contribution in [0.3, 0.4) is 0 Å². The van der Waals surface area contributed by atoms with Crippen molar-refractivity contribution in [1.82, 2.24) is 14.6 Å². The molecule has 31 heavy (non-hydrogen) atoms. The van der Waals surface area contributed by atoms with Gasteiger partial charge in [0.25, 0.3) is 5.91 Å². The molecule has 1 aromatic carbocycles. The highest BCUT2D eigenvalue weighted by atomic mass is 32.2. The minimum absolute atomic E-state index is 0.186. The van der Waals surface area contributed by atoms with E-state index in [0.717, 1.165) is 0 Å². The summed E-state index contributed by atoms with van der Waals surface area (Å²) in [5, 5.41) is 2.93. The Bertz CT molecular complexity index is 980. The van der Waals surface area contributed by atoms with Crippen LogP contribution >= 0.6 is 0 Å². The number of sulfonamides is 1. The van der Waals surface area contributed by atoms with E-state index in [1.807, 2.05) is 0 Å². The van der Waals surface area contributed by atoms with Gasteiger partial charge in [0.2, 0.25) is 15.8 Å². The Balaban J connectivity index is 1.58. The third-order valence-electron chi connectivity index (χ3n) is 5.32. The Morgan fingerprint density at radius 3 is 2.29 bits per heavy atom. The number of ether oxygens (including phenoxy) is 3. The van der Waals surface area contributed by atoms with Crippen LogP contribution in [-0.2, 0) is 10.0 Å². The minimum Gasteiger partial charge on any atom is -0.493 e. The fourth-order valence-electron chi connectivity index (χ4n) is 3.55. The van der Waals surface area contributed by atoms with E-state index in [0.29, 0.717) is 55.3 Å². The van der Waals surface area contributed by atoms with Crippen LogP contribution in [-0.4, -0.2) is 64.6 Å². The van der Waals surface area contributed by atoms with E-state index in [-0.39, 0.29) is 16.7 Å². The van der Waals surface area contributed by atoms with Gasteiger partial charge in [0, 0.05) is 37.6 Å². The molecule has 168 valence electrons. The van der Waals surface area contributed by atoms with Gasteiger partial charge in [-0.25, -0.2) is 8.42 Å². The van der Waals surface area contributed by atoms with Crippen molar-refractivity contribution in [3.05, 3.63) is 42.2 Å². The van der Waals surface area contributed by atoms with Gasteiger partial charge >= 0.3 is 0 Å². The fourth-order valence-corrected chi connectivity index (χ4v) is 4.99. The summed E-state index contributed by atoms with van der Waals surface area (Å²) in [4.78, 5) is 16.7. The second-order valence-electron chi connectivity index (χ2n) is 7.16. The normalized spacial score (nSPS) is 15.3. The smallest absolute Gasteiger partial charge is 0.251 e. The van der Waals surface area contributed by atoms with Crippen molar-refractivity contribution in [1.29, 1.82) is 0 Å². The van der Waals surface area contributed by atoms with Crippen LogP contribution in [0, 0.1) is 5.92 Å². The zero-order valence-corrected chi connectivity index (χ0v) is 18.6. The predicted octanol–water partition coefficient (Wildman–Crippen LogP) is 1.94. The summed E-state index contributed by atoms with van der Waals surface area (Å²) in [6, 6.07) is 6.35. The van der Waals surface area contributed by atoms with Crippen LogP contribution in [0.2, 0.25) is 0 Å². The lowest BCUT2D eigenvalue weighted by molar-refractivity contribution is 0.0940. The number of piperidine rings is 1. The molecule has 1 fully saturated rings. The number of amides is 1. The molecular weight excluding hydrogens is 422 g/mol. The van der Waals surface area contributed by atoms with Crippen molar-refractivity contribution in [2.75, 3.05) is 41.0 Å². The number of hydrogen-bond acceptors (Lipinski definition) is 7. The summed E-state index contributed by atoms with van der Waals surface area (Å²) in [5.74, 6) is 1.15. The molecule has 1 aliphatic rings. The fraction of sp³-hybridized carbons (Fsp3) is 0.429. The number of nitrogens with one attached hydrogen (secondary N) is 1. The van der Waals surface area contributed by atoms with Gasteiger partial charge in [-0.3, -0.25) is 9.78 Å². The molecule has 0 spiro atoms. The largest absolute Gasteiger partial charge is 0.493 e. The molecule has 0 radical (unpaired) electrons. The molecule has 10 heteroatoms. The monoisotopic (exact) mass is 449 g/mol. The summed E-state index contributed by atoms with van der Waals surface area (Å²) < 4.78 is 42.7. The second kappa shape index (κ2) is 9.97. The molecule has 1 aliphatic heterocycles. The Hall–Kier alpha value is -2.85. The second-order valence-corrected chi connectivity index (χ2v) is 9.10. The molecule has 0 aliphatic carbocycles. The lowest BCUT2D eigenvalue weighted by atomic mass is 9.98. The number of pyridine rings is 1. The maximum Gasteiger partial charge on any atom is 0.251 e. The van der Waals surface area contributed by atoms with E-state index in [4.69, 9.17) is 14.2 Å². The number of methoxy groups -OCH3 is 3. The summed E-state index contributed by atoms with van der Waals surface area (Å²) in [6.07, 6.45) is 4.23. The van der Waals surface area contributed by atoms with E-state index < -0.39 is 10.0 Å². The molecule has 1 N–H and O–H groups in total. The first-order chi connectivity index (χ1) is 14.9. The van der Waals surface area contributed by atoms with E-state index in [2.05, 4.69) is 10.3 Å². The first kappa shape index (κ1) is 22.8. The highest BCUT2D eigenvalue weighted by Gasteiger charge is 2.29. The first-order valence-electron chi connectivity index (χ1n) is 9.89. The summed E-state index contributed by atoms with van der Waals surface area (Å²) in [6.45, 7) is 1.26. The number of carbonyl (C=O) groups excluding carboxylic acids is 1. The molecule has 1 aromatic heterocycles. The number of carbonyl (C=O) groups is 1. The van der Waals surface area contributed by atoms with Gasteiger partial charge in [-0.1, -0.05) is 0 Å². The quantitative estimate of drug-likeness (QED) is 0.656. The van der Waals surface area contributed by atoms with Crippen molar-refractivity contribution in [2.45, 2.75) is 17.7 Å². The molecule has 0 unspecified atom stereocenters. The first-order valence-corrected chi connectivity index (χ1v) is 11.3. The maximum atomic E-state index is 12.7. The van der Waals surface area contributed by atoms with Crippen molar-refractivity contribution < 1.29 is 27.4 Å². The lowest BCUT2D eigenvalue weighted by Crippen LogP contribution is -2.41. The number of benzene rings is 1. The van der Waals surface area contributed by atoms with E-state index in [1.54, 1.807) is 30.5 Å². The molecule has 2 heterocycles. The minimum atomic E-state index is -3.54. The SMILES string of the molecule is COc1cc(C(=O)NCC2CCN(S(=O)(=O)c3cccnc3)CC2)cc(OC)c1OC. The number of aromatic nitrogens is 1. The number of hydrogen-bond donors (Lipinski definition) is 1. The van der Waals surface area contributed by atoms with Gasteiger partial charge in [-0.05, 0) is 43.0 Å². The lowest BCUT2D eigenvalue weighted by Gasteiger charge is -2.31. The Labute approximate surface area is 182 Å². The van der Waals surface area contributed by atoms with Gasteiger partial charge in [-0.15, -0.1) is 0 Å². The molecular formula is C21H27N3O6S. The number of nitrogens with zero attached hydrogens (tertiary/aromatic N) is 2. The van der Waals surface area contributed by atoms with Crippen molar-refractivity contribution in [3.8, 4) is 17.2 Å². The average molecular weight is 450 g/mol. The topological polar surface area (TPSA) is 107 Å². The van der Waals surface area contributed by atoms with Gasteiger partial charge in [0.15, 0.2) is 11.5 Å². The van der Waals surface area contributed by atoms with Crippen molar-refractivity contribution >= 4 is 15.9 Å². The van der Waals surface area contributed by atoms with E-state index >= 15 is 0 Å². The predicted molar refractivity (Wildman–Crippen MR) is 114 cm³/mol. The highest BCUT2D eigenvalue weighted by molar-refractivity contribution is 7.89. The van der Waals surface area contributed by atoms with Gasteiger partial charge in [0.05, 0.1) is 21.3 Å². The molecule has 3 rings (SSSR count). The summed E-state index contributed by atoms with van der Waals surface area (Å²) in [7, 11) is 0.948. The van der Waals surface area contributed by atoms with E-state index in [9.17, 15) is 13.2 Å². The molecule has 1 saturated heterocycles. The summed E-state index contributed by atoms with van der Waals surface area (Å²) in [5.41, 5.74) is 0.395. The molecule has 2 aromatic rings. The molecule has 0 saturated carbocycles. The van der Waals surface area contributed by atoms with Crippen LogP contribution < -0.4 is 19.5 Å². The van der Waals surface area contributed by atoms with Gasteiger partial charge in [0.1, 0.15) is 4.90 Å². The third-order valence-corrected chi connectivity index (χ3v) is 7.21. The van der Waals surface area contributed by atoms with Gasteiger partial charge < -0.3 is 19.5 Å². The third kappa shape index (κ3) is 5.08. The van der Waals surface area contributed by atoms with E-state index in [1.165, 1.54) is 31.8 Å². The maximum absolute atomic E-state index is 12.7. The van der Waals surface area contributed by atoms with Crippen molar-refractivity contribution in [3.63, 3.8) is 0 Å². The van der Waals surface area contributed by atoms with Crippen molar-refractivity contribution in [2.24, 2.45) is 5.92 Å². The Kier molecular flexibility index (Phi) is 7.34. The highest BCUT2D eigenvalue weighted by Crippen LogP contribution is 2.38. The number of rotatable bonds is 8. The van der Waals surface area contributed by atoms with Gasteiger partial charge in [-0.2, -0.15) is 4.31 Å². The molecule has 0 atom stereocenters. The Morgan fingerprint density at radius 1 is 1.13 bits per heavy atom. The molecule has 1 amide bonds. The molecule has 0 bridgehead atoms. The van der Waals surface area contributed by atoms with Crippen LogP contribution in [0.1, 0.15) is 23.2 Å².